The molecule has 21 heavy (non-hydrogen) atoms. The van der Waals surface area contributed by atoms with Crippen molar-refractivity contribution in [2.24, 2.45) is 10.4 Å². The van der Waals surface area contributed by atoms with Crippen LogP contribution in [0.1, 0.15) is 13.3 Å². The van der Waals surface area contributed by atoms with E-state index in [4.69, 9.17) is 6.57 Å². The summed E-state index contributed by atoms with van der Waals surface area (Å²) in [6.07, 6.45) is -4.92. The lowest BCUT2D eigenvalue weighted by Gasteiger charge is -2.22. The van der Waals surface area contributed by atoms with Gasteiger partial charge in [0.15, 0.2) is 5.69 Å². The van der Waals surface area contributed by atoms with Crippen molar-refractivity contribution >= 4 is 23.0 Å². The van der Waals surface area contributed by atoms with E-state index in [0.717, 1.165) is 0 Å². The molecule has 1 aromatic rings. The average Bonchev–Trinajstić information content (AvgIpc) is 2.84. The summed E-state index contributed by atoms with van der Waals surface area (Å²) in [7, 11) is 0. The fourth-order valence-electron chi connectivity index (χ4n) is 1.99. The van der Waals surface area contributed by atoms with Gasteiger partial charge in [0.1, 0.15) is 5.71 Å². The molecule has 1 unspecified atom stereocenters. The number of hydrogen-bond donors (Lipinski definition) is 1. The molecule has 1 aliphatic rings. The van der Waals surface area contributed by atoms with Crippen molar-refractivity contribution in [1.82, 2.24) is 0 Å². The number of carbonyl (C=O) groups is 1. The molecule has 0 radical (unpaired) electrons. The molecule has 4 nitrogen and oxygen atoms in total. The zero-order valence-electron chi connectivity index (χ0n) is 11.2. The van der Waals surface area contributed by atoms with Gasteiger partial charge in [-0.3, -0.25) is 9.79 Å². The number of rotatable bonds is 2. The zero-order valence-corrected chi connectivity index (χ0v) is 11.2. The minimum absolute atomic E-state index is 0.187. The highest BCUT2D eigenvalue weighted by atomic mass is 19.4. The van der Waals surface area contributed by atoms with Gasteiger partial charge in [0.2, 0.25) is 5.91 Å². The lowest BCUT2D eigenvalue weighted by atomic mass is 9.86. The summed E-state index contributed by atoms with van der Waals surface area (Å²) in [6.45, 7) is 8.09. The molecule has 1 aromatic carbocycles. The molecule has 0 fully saturated rings. The quantitative estimate of drug-likeness (QED) is 0.833. The summed E-state index contributed by atoms with van der Waals surface area (Å²) in [5.41, 5.74) is -1.25. The summed E-state index contributed by atoms with van der Waals surface area (Å²) in [5, 5.41) is 2.57. The molecule has 0 saturated carbocycles. The molecule has 1 N–H and O–H groups in total. The van der Waals surface area contributed by atoms with Crippen LogP contribution in [0.2, 0.25) is 0 Å². The van der Waals surface area contributed by atoms with Gasteiger partial charge in [-0.05, 0) is 19.1 Å². The van der Waals surface area contributed by atoms with Gasteiger partial charge >= 0.3 is 6.18 Å². The summed E-state index contributed by atoms with van der Waals surface area (Å²) >= 11 is 0. The molecule has 1 aliphatic heterocycles. The monoisotopic (exact) mass is 295 g/mol. The number of benzene rings is 1. The second kappa shape index (κ2) is 5.20. The highest BCUT2D eigenvalue weighted by Gasteiger charge is 2.47. The van der Waals surface area contributed by atoms with Crippen LogP contribution >= 0.6 is 0 Å². The fourth-order valence-corrected chi connectivity index (χ4v) is 1.99. The van der Waals surface area contributed by atoms with Gasteiger partial charge in [0.05, 0.1) is 18.5 Å². The van der Waals surface area contributed by atoms with Crippen LogP contribution in [0.4, 0.5) is 24.5 Å². The Kier molecular flexibility index (Phi) is 3.73. The zero-order chi connectivity index (χ0) is 15.7. The predicted octanol–water partition coefficient (Wildman–Crippen LogP) is 3.59. The van der Waals surface area contributed by atoms with Crippen molar-refractivity contribution in [2.75, 3.05) is 11.9 Å². The molecule has 0 spiro atoms. The molecule has 1 amide bonds. The standard InChI is InChI=1S/C14H12F3N3O/c1-13(7-11(19-8-13)14(15,16)17)12(21)20-10-5-3-9(18-2)4-6-10/h3-6H,7-8H2,1H3,(H,20,21). The summed E-state index contributed by atoms with van der Waals surface area (Å²) < 4.78 is 37.8. The van der Waals surface area contributed by atoms with Gasteiger partial charge in [-0.25, -0.2) is 4.85 Å². The lowest BCUT2D eigenvalue weighted by molar-refractivity contribution is -0.123. The maximum absolute atomic E-state index is 12.6. The number of aliphatic imine (C=N–C) groups is 1. The Morgan fingerprint density at radius 3 is 2.48 bits per heavy atom. The van der Waals surface area contributed by atoms with Crippen LogP contribution in [-0.4, -0.2) is 24.3 Å². The van der Waals surface area contributed by atoms with Crippen molar-refractivity contribution in [3.8, 4) is 0 Å². The number of amides is 1. The second-order valence-electron chi connectivity index (χ2n) is 5.11. The number of nitrogens with one attached hydrogen (secondary N) is 1. The van der Waals surface area contributed by atoms with Gasteiger partial charge in [-0.2, -0.15) is 13.2 Å². The first-order valence-electron chi connectivity index (χ1n) is 6.14. The Morgan fingerprint density at radius 2 is 2.00 bits per heavy atom. The average molecular weight is 295 g/mol. The van der Waals surface area contributed by atoms with E-state index in [1.807, 2.05) is 0 Å². The third kappa shape index (κ3) is 3.21. The Bertz CT molecular complexity index is 628. The van der Waals surface area contributed by atoms with E-state index in [1.165, 1.54) is 31.2 Å². The molecule has 110 valence electrons. The van der Waals surface area contributed by atoms with Crippen LogP contribution in [0.25, 0.3) is 4.85 Å². The van der Waals surface area contributed by atoms with E-state index in [-0.39, 0.29) is 6.54 Å². The molecule has 0 aromatic heterocycles. The highest BCUT2D eigenvalue weighted by molar-refractivity contribution is 6.02. The normalized spacial score (nSPS) is 21.6. The molecular formula is C14H12F3N3O. The largest absolute Gasteiger partial charge is 0.429 e. The van der Waals surface area contributed by atoms with Gasteiger partial charge in [-0.1, -0.05) is 12.1 Å². The van der Waals surface area contributed by atoms with Crippen LogP contribution in [-0.2, 0) is 4.79 Å². The minimum Gasteiger partial charge on any atom is -0.326 e. The van der Waals surface area contributed by atoms with Gasteiger partial charge in [0.25, 0.3) is 0 Å². The van der Waals surface area contributed by atoms with Crippen LogP contribution in [0.5, 0.6) is 0 Å². The molecule has 0 saturated heterocycles. The molecule has 1 atom stereocenters. The third-order valence-corrected chi connectivity index (χ3v) is 3.31. The van der Waals surface area contributed by atoms with E-state index in [9.17, 15) is 18.0 Å². The Morgan fingerprint density at radius 1 is 1.38 bits per heavy atom. The summed E-state index contributed by atoms with van der Waals surface area (Å²) in [6, 6.07) is 6.12. The Labute approximate surface area is 119 Å². The third-order valence-electron chi connectivity index (χ3n) is 3.31. The SMILES string of the molecule is [C-]#[N+]c1ccc(NC(=O)C2(C)CN=C(C(F)(F)F)C2)cc1. The first-order chi connectivity index (χ1) is 9.74. The maximum atomic E-state index is 12.6. The Balaban J connectivity index is 2.06. The maximum Gasteiger partial charge on any atom is 0.429 e. The van der Waals surface area contributed by atoms with Crippen molar-refractivity contribution in [1.29, 1.82) is 0 Å². The van der Waals surface area contributed by atoms with Crippen molar-refractivity contribution < 1.29 is 18.0 Å². The smallest absolute Gasteiger partial charge is 0.326 e. The van der Waals surface area contributed by atoms with Crippen LogP contribution in [0.15, 0.2) is 29.3 Å². The lowest BCUT2D eigenvalue weighted by Crippen LogP contribution is -2.36. The highest BCUT2D eigenvalue weighted by Crippen LogP contribution is 2.35. The van der Waals surface area contributed by atoms with Gasteiger partial charge in [-0.15, -0.1) is 0 Å². The molecule has 7 heteroatoms. The molecule has 0 aliphatic carbocycles. The van der Waals surface area contributed by atoms with E-state index < -0.39 is 29.6 Å². The predicted molar refractivity (Wildman–Crippen MR) is 72.4 cm³/mol. The Hall–Kier alpha value is -2.36. The number of anilines is 1. The first kappa shape index (κ1) is 15.0. The summed E-state index contributed by atoms with van der Waals surface area (Å²) in [4.78, 5) is 18.8. The van der Waals surface area contributed by atoms with Crippen LogP contribution in [0, 0.1) is 12.0 Å². The fraction of sp³-hybridized carbons (Fsp3) is 0.357. The molecule has 1 heterocycles. The summed E-state index contributed by atoms with van der Waals surface area (Å²) in [5.74, 6) is -0.513. The van der Waals surface area contributed by atoms with Crippen molar-refractivity contribution in [2.45, 2.75) is 19.5 Å². The number of halogens is 3. The molecular weight excluding hydrogens is 283 g/mol. The minimum atomic E-state index is -4.49. The van der Waals surface area contributed by atoms with Crippen LogP contribution in [0.3, 0.4) is 0 Å². The van der Waals surface area contributed by atoms with E-state index in [0.29, 0.717) is 11.4 Å². The first-order valence-corrected chi connectivity index (χ1v) is 6.14. The second-order valence-corrected chi connectivity index (χ2v) is 5.11. The number of hydrogen-bond acceptors (Lipinski definition) is 2. The van der Waals surface area contributed by atoms with Crippen molar-refractivity contribution in [3.05, 3.63) is 35.7 Å². The number of carbonyl (C=O) groups excluding carboxylic acids is 1. The molecule has 2 rings (SSSR count). The number of alkyl halides is 3. The van der Waals surface area contributed by atoms with E-state index in [2.05, 4.69) is 15.2 Å². The topological polar surface area (TPSA) is 45.8 Å². The van der Waals surface area contributed by atoms with Gasteiger partial charge in [0, 0.05) is 12.1 Å². The molecule has 0 bridgehead atoms. The van der Waals surface area contributed by atoms with Crippen LogP contribution < -0.4 is 5.32 Å². The van der Waals surface area contributed by atoms with E-state index in [1.54, 1.807) is 0 Å². The van der Waals surface area contributed by atoms with Crippen molar-refractivity contribution in [3.63, 3.8) is 0 Å². The van der Waals surface area contributed by atoms with Gasteiger partial charge < -0.3 is 5.32 Å². The van der Waals surface area contributed by atoms with E-state index >= 15 is 0 Å². The number of nitrogens with zero attached hydrogens (tertiary/aromatic N) is 2.